The first-order chi connectivity index (χ1) is 15.5. The third-order valence-electron chi connectivity index (χ3n) is 4.34. The highest BCUT2D eigenvalue weighted by atomic mass is 16.5. The predicted molar refractivity (Wildman–Crippen MR) is 122 cm³/mol. The summed E-state index contributed by atoms with van der Waals surface area (Å²) in [6.07, 6.45) is 3.03. The zero-order valence-electron chi connectivity index (χ0n) is 17.4. The van der Waals surface area contributed by atoms with Gasteiger partial charge in [0.1, 0.15) is 0 Å². The van der Waals surface area contributed by atoms with E-state index < -0.39 is 0 Å². The number of carbonyl (C=O) groups is 1. The van der Waals surface area contributed by atoms with Gasteiger partial charge >= 0.3 is 0 Å². The second-order valence-electron chi connectivity index (χ2n) is 6.51. The van der Waals surface area contributed by atoms with Gasteiger partial charge in [0.05, 0.1) is 32.3 Å². The van der Waals surface area contributed by atoms with Crippen molar-refractivity contribution in [2.45, 2.75) is 0 Å². The maximum Gasteiger partial charge on any atom is 0.271 e. The van der Waals surface area contributed by atoms with Crippen molar-refractivity contribution in [1.29, 1.82) is 0 Å². The van der Waals surface area contributed by atoms with Gasteiger partial charge in [0, 0.05) is 5.56 Å². The molecule has 0 heterocycles. The highest BCUT2D eigenvalue weighted by Crippen LogP contribution is 2.26. The van der Waals surface area contributed by atoms with Crippen LogP contribution in [0, 0.1) is 0 Å². The number of benzene rings is 3. The van der Waals surface area contributed by atoms with E-state index in [0.717, 1.165) is 5.56 Å². The SMILES string of the molecule is COc1cc(/C=N\NC(=O)c2ccc(N/N=C\c3ccc(O)c(OC)c3)cc2)ccc1O. The summed E-state index contributed by atoms with van der Waals surface area (Å²) in [5.41, 5.74) is 7.81. The number of ether oxygens (including phenoxy) is 2. The molecule has 4 N–H and O–H groups in total. The Morgan fingerprint density at radius 1 is 0.812 bits per heavy atom. The molecule has 1 amide bonds. The molecule has 0 unspecified atom stereocenters. The number of hydrogen-bond acceptors (Lipinski definition) is 8. The first kappa shape index (κ1) is 22.2. The summed E-state index contributed by atoms with van der Waals surface area (Å²) in [6.45, 7) is 0. The van der Waals surface area contributed by atoms with E-state index in [1.165, 1.54) is 32.6 Å². The van der Waals surface area contributed by atoms with Gasteiger partial charge in [-0.3, -0.25) is 10.2 Å². The van der Waals surface area contributed by atoms with Crippen LogP contribution in [0.2, 0.25) is 0 Å². The number of phenols is 2. The van der Waals surface area contributed by atoms with Gasteiger partial charge in [-0.1, -0.05) is 0 Å². The average molecular weight is 434 g/mol. The normalized spacial score (nSPS) is 10.9. The summed E-state index contributed by atoms with van der Waals surface area (Å²) in [4.78, 5) is 12.2. The second kappa shape index (κ2) is 10.5. The lowest BCUT2D eigenvalue weighted by Gasteiger charge is -2.05. The molecule has 0 aromatic heterocycles. The smallest absolute Gasteiger partial charge is 0.271 e. The van der Waals surface area contributed by atoms with Gasteiger partial charge in [-0.25, -0.2) is 5.43 Å². The summed E-state index contributed by atoms with van der Waals surface area (Å²) in [5, 5.41) is 27.3. The van der Waals surface area contributed by atoms with Crippen LogP contribution in [0.25, 0.3) is 0 Å². The molecule has 0 saturated heterocycles. The lowest BCUT2D eigenvalue weighted by molar-refractivity contribution is 0.0955. The molecule has 3 rings (SSSR count). The van der Waals surface area contributed by atoms with Gasteiger partial charge in [-0.15, -0.1) is 0 Å². The Labute approximate surface area is 184 Å². The van der Waals surface area contributed by atoms with Gasteiger partial charge in [-0.05, 0) is 71.8 Å². The Kier molecular flexibility index (Phi) is 7.26. The first-order valence-corrected chi connectivity index (χ1v) is 9.46. The summed E-state index contributed by atoms with van der Waals surface area (Å²) in [6, 6.07) is 16.3. The molecule has 32 heavy (non-hydrogen) atoms. The molecule has 0 spiro atoms. The van der Waals surface area contributed by atoms with Crippen LogP contribution in [0.15, 0.2) is 70.9 Å². The molecule has 0 saturated carbocycles. The van der Waals surface area contributed by atoms with Gasteiger partial charge in [0.25, 0.3) is 5.91 Å². The fourth-order valence-corrected chi connectivity index (χ4v) is 2.66. The largest absolute Gasteiger partial charge is 0.504 e. The number of hydrazone groups is 2. The fourth-order valence-electron chi connectivity index (χ4n) is 2.66. The van der Waals surface area contributed by atoms with Crippen molar-refractivity contribution in [2.75, 3.05) is 19.6 Å². The Morgan fingerprint density at radius 3 is 1.88 bits per heavy atom. The zero-order chi connectivity index (χ0) is 22.9. The maximum atomic E-state index is 12.2. The van der Waals surface area contributed by atoms with E-state index in [0.29, 0.717) is 28.3 Å². The van der Waals surface area contributed by atoms with Gasteiger partial charge < -0.3 is 19.7 Å². The number of phenolic OH excluding ortho intramolecular Hbond substituents is 2. The number of hydrogen-bond donors (Lipinski definition) is 4. The van der Waals surface area contributed by atoms with Crippen LogP contribution in [0.3, 0.4) is 0 Å². The third-order valence-corrected chi connectivity index (χ3v) is 4.34. The van der Waals surface area contributed by atoms with Crippen LogP contribution in [0.4, 0.5) is 5.69 Å². The van der Waals surface area contributed by atoms with Crippen molar-refractivity contribution < 1.29 is 24.5 Å². The first-order valence-electron chi connectivity index (χ1n) is 9.46. The van der Waals surface area contributed by atoms with Crippen molar-refractivity contribution in [3.05, 3.63) is 77.4 Å². The average Bonchev–Trinajstić information content (AvgIpc) is 2.81. The number of aromatic hydroxyl groups is 2. The summed E-state index contributed by atoms with van der Waals surface area (Å²) < 4.78 is 10.1. The van der Waals surface area contributed by atoms with Crippen molar-refractivity contribution in [1.82, 2.24) is 5.43 Å². The molecule has 0 aliphatic heterocycles. The Hall–Kier alpha value is -4.53. The lowest BCUT2D eigenvalue weighted by atomic mass is 10.2. The molecule has 0 fully saturated rings. The van der Waals surface area contributed by atoms with Crippen LogP contribution in [0.5, 0.6) is 23.0 Å². The second-order valence-corrected chi connectivity index (χ2v) is 6.51. The molecule has 0 aliphatic carbocycles. The van der Waals surface area contributed by atoms with Crippen LogP contribution < -0.4 is 20.3 Å². The van der Waals surface area contributed by atoms with E-state index in [2.05, 4.69) is 21.1 Å². The minimum Gasteiger partial charge on any atom is -0.504 e. The monoisotopic (exact) mass is 434 g/mol. The lowest BCUT2D eigenvalue weighted by Crippen LogP contribution is -2.17. The maximum absolute atomic E-state index is 12.2. The van der Waals surface area contributed by atoms with Gasteiger partial charge in [0.15, 0.2) is 23.0 Å². The number of methoxy groups -OCH3 is 2. The molecule has 3 aromatic rings. The molecule has 9 nitrogen and oxygen atoms in total. The topological polar surface area (TPSA) is 125 Å². The standard InChI is InChI=1S/C23H22N4O5/c1-31-21-11-15(3-9-19(21)28)13-24-26-18-7-5-17(6-8-18)23(30)27-25-14-16-4-10-20(29)22(12-16)32-2/h3-14,26,28-29H,1-2H3,(H,27,30)/b24-13-,25-14-. The van der Waals surface area contributed by atoms with Crippen LogP contribution in [-0.2, 0) is 0 Å². The molecular formula is C23H22N4O5. The molecule has 0 atom stereocenters. The van der Waals surface area contributed by atoms with E-state index in [1.54, 1.807) is 54.7 Å². The number of nitrogens with one attached hydrogen (secondary N) is 2. The zero-order valence-corrected chi connectivity index (χ0v) is 17.4. The van der Waals surface area contributed by atoms with E-state index in [1.807, 2.05) is 0 Å². The predicted octanol–water partition coefficient (Wildman–Crippen LogP) is 3.32. The number of rotatable bonds is 8. The van der Waals surface area contributed by atoms with E-state index in [9.17, 15) is 15.0 Å². The van der Waals surface area contributed by atoms with E-state index in [-0.39, 0.29) is 17.4 Å². The van der Waals surface area contributed by atoms with E-state index >= 15 is 0 Å². The van der Waals surface area contributed by atoms with E-state index in [4.69, 9.17) is 9.47 Å². The van der Waals surface area contributed by atoms with Crippen molar-refractivity contribution in [2.24, 2.45) is 10.2 Å². The van der Waals surface area contributed by atoms with Crippen LogP contribution >= 0.6 is 0 Å². The molecule has 3 aromatic carbocycles. The van der Waals surface area contributed by atoms with Gasteiger partial charge in [0.2, 0.25) is 0 Å². The molecule has 0 aliphatic rings. The summed E-state index contributed by atoms with van der Waals surface area (Å²) in [5.74, 6) is 0.374. The molecule has 0 radical (unpaired) electrons. The highest BCUT2D eigenvalue weighted by molar-refractivity contribution is 5.95. The number of nitrogens with zero attached hydrogens (tertiary/aromatic N) is 2. The van der Waals surface area contributed by atoms with Crippen molar-refractivity contribution in [3.63, 3.8) is 0 Å². The van der Waals surface area contributed by atoms with Crippen molar-refractivity contribution >= 4 is 24.0 Å². The fraction of sp³-hybridized carbons (Fsp3) is 0.0870. The summed E-state index contributed by atoms with van der Waals surface area (Å²) in [7, 11) is 2.92. The molecule has 9 heteroatoms. The van der Waals surface area contributed by atoms with Gasteiger partial charge in [-0.2, -0.15) is 10.2 Å². The molecule has 164 valence electrons. The Balaban J connectivity index is 1.55. The highest BCUT2D eigenvalue weighted by Gasteiger charge is 2.05. The molecular weight excluding hydrogens is 412 g/mol. The minimum absolute atomic E-state index is 0.0227. The van der Waals surface area contributed by atoms with Crippen LogP contribution in [0.1, 0.15) is 21.5 Å². The number of anilines is 1. The quantitative estimate of drug-likeness (QED) is 0.318. The Bertz CT molecular complexity index is 1140. The Morgan fingerprint density at radius 2 is 1.34 bits per heavy atom. The minimum atomic E-state index is -0.377. The number of carbonyl (C=O) groups excluding carboxylic acids is 1. The number of amides is 1. The van der Waals surface area contributed by atoms with Crippen molar-refractivity contribution in [3.8, 4) is 23.0 Å². The van der Waals surface area contributed by atoms with Crippen LogP contribution in [-0.4, -0.2) is 42.8 Å². The third kappa shape index (κ3) is 5.76. The summed E-state index contributed by atoms with van der Waals surface area (Å²) >= 11 is 0. The molecule has 0 bridgehead atoms.